The zero-order valence-electron chi connectivity index (χ0n) is 22.3. The molecule has 0 bridgehead atoms. The number of benzene rings is 2. The minimum atomic E-state index is -2.85. The van der Waals surface area contributed by atoms with E-state index in [2.05, 4.69) is 15.9 Å². The average Bonchev–Trinajstić information content (AvgIpc) is 3.34. The number of hydrogen-bond donors (Lipinski definition) is 2. The molecule has 2 aliphatic heterocycles. The van der Waals surface area contributed by atoms with Gasteiger partial charge in [0.1, 0.15) is 11.3 Å². The largest absolute Gasteiger partial charge is 0.479 e. The van der Waals surface area contributed by atoms with E-state index in [0.717, 1.165) is 5.56 Å². The molecule has 6 rings (SSSR count). The number of halogens is 2. The van der Waals surface area contributed by atoms with E-state index in [9.17, 15) is 24.3 Å². The molecule has 3 aromatic rings. The van der Waals surface area contributed by atoms with Crippen LogP contribution >= 0.6 is 0 Å². The Bertz CT molecular complexity index is 1560. The van der Waals surface area contributed by atoms with Crippen molar-refractivity contribution < 1.29 is 28.5 Å². The van der Waals surface area contributed by atoms with Crippen LogP contribution in [0, 0.1) is 23.8 Å². The van der Waals surface area contributed by atoms with Crippen molar-refractivity contribution in [1.82, 2.24) is 9.88 Å². The van der Waals surface area contributed by atoms with Crippen LogP contribution in [0.3, 0.4) is 0 Å². The maximum atomic E-state index is 14.5. The first-order chi connectivity index (χ1) is 19.7. The highest BCUT2D eigenvalue weighted by Gasteiger charge is 2.77. The number of aromatic nitrogens is 1. The van der Waals surface area contributed by atoms with E-state index >= 15 is 0 Å². The number of aliphatic hydroxyl groups is 2. The van der Waals surface area contributed by atoms with Crippen molar-refractivity contribution in [2.45, 2.75) is 42.0 Å². The highest BCUT2D eigenvalue weighted by Crippen LogP contribution is 2.70. The van der Waals surface area contributed by atoms with Crippen molar-refractivity contribution in [2.75, 3.05) is 26.7 Å². The van der Waals surface area contributed by atoms with Gasteiger partial charge in [0.15, 0.2) is 11.2 Å². The Balaban J connectivity index is 1.61. The third-order valence-corrected chi connectivity index (χ3v) is 8.70. The molecule has 3 heterocycles. The van der Waals surface area contributed by atoms with E-state index in [0.29, 0.717) is 24.1 Å². The summed E-state index contributed by atoms with van der Waals surface area (Å²) >= 11 is 0. The number of pyridine rings is 1. The lowest BCUT2D eigenvalue weighted by atomic mass is 9.70. The van der Waals surface area contributed by atoms with Crippen LogP contribution in [-0.4, -0.2) is 58.9 Å². The van der Waals surface area contributed by atoms with Gasteiger partial charge in [0.05, 0.1) is 31.4 Å². The Morgan fingerprint density at radius 1 is 1.22 bits per heavy atom. The fourth-order valence-corrected chi connectivity index (χ4v) is 7.12. The van der Waals surface area contributed by atoms with Crippen molar-refractivity contribution >= 4 is 5.82 Å². The molecular weight excluding hydrogens is 530 g/mol. The van der Waals surface area contributed by atoms with Crippen LogP contribution in [0.5, 0.6) is 11.6 Å². The molecule has 0 radical (unpaired) electrons. The number of hydrogen-bond acceptors (Lipinski definition) is 7. The highest BCUT2D eigenvalue weighted by molar-refractivity contribution is 5.62. The molecule has 2 N–H and O–H groups in total. The third-order valence-electron chi connectivity index (χ3n) is 8.70. The lowest BCUT2D eigenvalue weighted by molar-refractivity contribution is -0.153. The Kier molecular flexibility index (Phi) is 6.46. The molecule has 2 fully saturated rings. The molecule has 210 valence electrons. The molecule has 1 saturated carbocycles. The van der Waals surface area contributed by atoms with Gasteiger partial charge in [-0.15, -0.1) is 0 Å². The molecular formula is C31H28F2N4O4. The molecule has 5 atom stereocenters. The standard InChI is InChI=1S/C31H28F2N4O4/c1-35-24-15-23-26(28(36-24)40-2)30(39)27(38)22(17-37-14-6-13-29(32,33)18-37)25(20-7-4-3-5-8-20)31(30,41-23)21-11-9-19(16-34)10-12-21/h3-5,7-12,15,22,25,27,38-39H,6,13-14,17-18H2,2H3/t22-,25-,27-,30+,31+/m1/s1. The second-order valence-corrected chi connectivity index (χ2v) is 11.0. The van der Waals surface area contributed by atoms with Gasteiger partial charge in [0.2, 0.25) is 0 Å². The van der Waals surface area contributed by atoms with Gasteiger partial charge in [-0.1, -0.05) is 54.0 Å². The number of piperidine rings is 1. The lowest BCUT2D eigenvalue weighted by Crippen LogP contribution is -2.52. The van der Waals surface area contributed by atoms with Crippen molar-refractivity contribution in [1.29, 1.82) is 5.26 Å². The van der Waals surface area contributed by atoms with Gasteiger partial charge >= 0.3 is 5.88 Å². The quantitative estimate of drug-likeness (QED) is 0.445. The second-order valence-electron chi connectivity index (χ2n) is 11.0. The van der Waals surface area contributed by atoms with Gasteiger partial charge in [-0.25, -0.2) is 8.78 Å². The molecule has 0 amide bonds. The SMILES string of the molecule is [C-]#[N+]c1cc2c(c(OC)n1)[C@]1(O)[C@H](O)[C@H](CN3CCCC(F)(F)C3)[C@@H](c3ccccc3)[C@]1(c1ccc(C#N)cc1)O2. The van der Waals surface area contributed by atoms with E-state index in [1.807, 2.05) is 30.3 Å². The summed E-state index contributed by atoms with van der Waals surface area (Å²) in [5.41, 5.74) is -2.15. The number of alkyl halides is 2. The summed E-state index contributed by atoms with van der Waals surface area (Å²) in [7, 11) is 1.35. The maximum Gasteiger partial charge on any atom is 0.319 e. The molecule has 3 aliphatic rings. The Morgan fingerprint density at radius 3 is 2.59 bits per heavy atom. The van der Waals surface area contributed by atoms with E-state index in [4.69, 9.17) is 16.0 Å². The summed E-state index contributed by atoms with van der Waals surface area (Å²) < 4.78 is 41.2. The molecule has 0 spiro atoms. The number of methoxy groups -OCH3 is 1. The van der Waals surface area contributed by atoms with Crippen LogP contribution in [0.4, 0.5) is 14.6 Å². The minimum Gasteiger partial charge on any atom is -0.479 e. The summed E-state index contributed by atoms with van der Waals surface area (Å²) in [6, 6.07) is 19.3. The normalized spacial score (nSPS) is 30.0. The number of nitriles is 1. The Labute approximate surface area is 236 Å². The van der Waals surface area contributed by atoms with Crippen LogP contribution in [-0.2, 0) is 11.2 Å². The third kappa shape index (κ3) is 3.98. The van der Waals surface area contributed by atoms with Gasteiger partial charge < -0.3 is 24.5 Å². The predicted octanol–water partition coefficient (Wildman–Crippen LogP) is 4.49. The van der Waals surface area contributed by atoms with E-state index in [1.165, 1.54) is 13.2 Å². The first kappa shape index (κ1) is 27.1. The molecule has 2 aromatic carbocycles. The zero-order valence-corrected chi connectivity index (χ0v) is 22.3. The summed E-state index contributed by atoms with van der Waals surface area (Å²) in [6.07, 6.45) is -1.39. The fraction of sp³-hybridized carbons (Fsp3) is 0.387. The van der Waals surface area contributed by atoms with Gasteiger partial charge in [-0.3, -0.25) is 4.90 Å². The van der Waals surface area contributed by atoms with Gasteiger partial charge in [0, 0.05) is 30.9 Å². The number of nitrogens with zero attached hydrogens (tertiary/aromatic N) is 4. The number of likely N-dealkylation sites (tertiary alicyclic amines) is 1. The number of ether oxygens (including phenoxy) is 2. The smallest absolute Gasteiger partial charge is 0.319 e. The highest BCUT2D eigenvalue weighted by atomic mass is 19.3. The minimum absolute atomic E-state index is 0.0167. The monoisotopic (exact) mass is 558 g/mol. The van der Waals surface area contributed by atoms with Crippen LogP contribution in [0.1, 0.15) is 41.0 Å². The van der Waals surface area contributed by atoms with Crippen LogP contribution < -0.4 is 9.47 Å². The Hall–Kier alpha value is -4.09. The molecule has 1 saturated heterocycles. The van der Waals surface area contributed by atoms with Crippen LogP contribution in [0.15, 0.2) is 60.7 Å². The average molecular weight is 559 g/mol. The lowest BCUT2D eigenvalue weighted by Gasteiger charge is -2.41. The van der Waals surface area contributed by atoms with E-state index in [-0.39, 0.29) is 36.0 Å². The molecule has 8 nitrogen and oxygen atoms in total. The molecule has 10 heteroatoms. The van der Waals surface area contributed by atoms with Gasteiger partial charge in [0.25, 0.3) is 11.7 Å². The second kappa shape index (κ2) is 9.78. The number of aliphatic hydroxyl groups excluding tert-OH is 1. The van der Waals surface area contributed by atoms with Crippen molar-refractivity contribution in [3.05, 3.63) is 94.3 Å². The summed E-state index contributed by atoms with van der Waals surface area (Å²) in [5, 5.41) is 34.5. The van der Waals surface area contributed by atoms with Crippen LogP contribution in [0.2, 0.25) is 0 Å². The Morgan fingerprint density at radius 2 is 1.95 bits per heavy atom. The molecule has 41 heavy (non-hydrogen) atoms. The van der Waals surface area contributed by atoms with E-state index < -0.39 is 41.6 Å². The molecule has 1 aliphatic carbocycles. The van der Waals surface area contributed by atoms with Crippen molar-refractivity contribution in [3.8, 4) is 17.7 Å². The first-order valence-electron chi connectivity index (χ1n) is 13.4. The van der Waals surface area contributed by atoms with E-state index in [1.54, 1.807) is 29.2 Å². The topological polar surface area (TPSA) is 103 Å². The summed E-state index contributed by atoms with van der Waals surface area (Å²) in [4.78, 5) is 9.31. The summed E-state index contributed by atoms with van der Waals surface area (Å²) in [6.45, 7) is 7.56. The maximum absolute atomic E-state index is 14.5. The zero-order chi connectivity index (χ0) is 29.0. The number of rotatable bonds is 5. The van der Waals surface area contributed by atoms with Gasteiger partial charge in [-0.2, -0.15) is 5.26 Å². The first-order valence-corrected chi connectivity index (χ1v) is 13.4. The predicted molar refractivity (Wildman–Crippen MR) is 144 cm³/mol. The molecule has 0 unspecified atom stereocenters. The van der Waals surface area contributed by atoms with Crippen molar-refractivity contribution in [2.24, 2.45) is 5.92 Å². The van der Waals surface area contributed by atoms with Gasteiger partial charge in [-0.05, 0) is 36.2 Å². The van der Waals surface area contributed by atoms with Crippen molar-refractivity contribution in [3.63, 3.8) is 0 Å². The summed E-state index contributed by atoms with van der Waals surface area (Å²) in [5.74, 6) is -4.29. The van der Waals surface area contributed by atoms with Crippen LogP contribution in [0.25, 0.3) is 4.85 Å². The fourth-order valence-electron chi connectivity index (χ4n) is 7.12. The number of fused-ring (bicyclic) bond motifs is 3. The molecule has 1 aromatic heterocycles.